The van der Waals surface area contributed by atoms with Crippen LogP contribution in [0.25, 0.3) is 0 Å². The van der Waals surface area contributed by atoms with Crippen LogP contribution in [0.3, 0.4) is 0 Å². The third-order valence-electron chi connectivity index (χ3n) is 2.97. The van der Waals surface area contributed by atoms with Gasteiger partial charge in [0.15, 0.2) is 0 Å². The summed E-state index contributed by atoms with van der Waals surface area (Å²) in [5, 5.41) is 6.80. The van der Waals surface area contributed by atoms with Gasteiger partial charge in [-0.15, -0.1) is 0 Å². The standard InChI is InChI=1S/C11H17N3O2/c1-8-10(9(2)16-13-8)7-14-5-3-11(15)12-4-6-14/h3-7H2,1-2H3,(H,12,15). The van der Waals surface area contributed by atoms with Crippen LogP contribution in [0.5, 0.6) is 0 Å². The number of aryl methyl sites for hydroxylation is 2. The predicted octanol–water partition coefficient (Wildman–Crippen LogP) is 0.613. The molecule has 0 aliphatic carbocycles. The molecule has 0 aromatic carbocycles. The zero-order chi connectivity index (χ0) is 11.5. The highest BCUT2D eigenvalue weighted by Crippen LogP contribution is 2.15. The van der Waals surface area contributed by atoms with Crippen molar-refractivity contribution in [2.24, 2.45) is 0 Å². The summed E-state index contributed by atoms with van der Waals surface area (Å²) >= 11 is 0. The highest BCUT2D eigenvalue weighted by Gasteiger charge is 2.17. The molecule has 0 unspecified atom stereocenters. The Morgan fingerprint density at radius 1 is 1.44 bits per heavy atom. The molecule has 1 N–H and O–H groups in total. The number of carbonyl (C=O) groups excluding carboxylic acids is 1. The first kappa shape index (κ1) is 11.1. The minimum atomic E-state index is 0.140. The van der Waals surface area contributed by atoms with E-state index in [0.717, 1.165) is 43.2 Å². The van der Waals surface area contributed by atoms with Crippen molar-refractivity contribution < 1.29 is 9.32 Å². The number of carbonyl (C=O) groups is 1. The Morgan fingerprint density at radius 2 is 2.25 bits per heavy atom. The van der Waals surface area contributed by atoms with Gasteiger partial charge in [0.1, 0.15) is 5.76 Å². The van der Waals surface area contributed by atoms with Crippen molar-refractivity contribution >= 4 is 5.91 Å². The van der Waals surface area contributed by atoms with Crippen molar-refractivity contribution in [3.63, 3.8) is 0 Å². The molecule has 16 heavy (non-hydrogen) atoms. The molecule has 1 aliphatic heterocycles. The molecule has 0 radical (unpaired) electrons. The molecule has 2 heterocycles. The summed E-state index contributed by atoms with van der Waals surface area (Å²) < 4.78 is 5.13. The van der Waals surface area contributed by atoms with Crippen molar-refractivity contribution in [1.29, 1.82) is 0 Å². The molecule has 0 saturated carbocycles. The molecule has 0 spiro atoms. The lowest BCUT2D eigenvalue weighted by Gasteiger charge is -2.18. The van der Waals surface area contributed by atoms with Crippen LogP contribution in [-0.2, 0) is 11.3 Å². The van der Waals surface area contributed by atoms with Crippen LogP contribution in [-0.4, -0.2) is 35.6 Å². The van der Waals surface area contributed by atoms with Crippen LogP contribution in [0.2, 0.25) is 0 Å². The summed E-state index contributed by atoms with van der Waals surface area (Å²) in [4.78, 5) is 13.5. The third-order valence-corrected chi connectivity index (χ3v) is 2.97. The van der Waals surface area contributed by atoms with Gasteiger partial charge in [-0.2, -0.15) is 0 Å². The topological polar surface area (TPSA) is 58.4 Å². The van der Waals surface area contributed by atoms with Crippen LogP contribution >= 0.6 is 0 Å². The summed E-state index contributed by atoms with van der Waals surface area (Å²) in [6, 6.07) is 0. The first-order valence-corrected chi connectivity index (χ1v) is 5.57. The lowest BCUT2D eigenvalue weighted by molar-refractivity contribution is -0.120. The maximum atomic E-state index is 11.2. The number of amides is 1. The van der Waals surface area contributed by atoms with Crippen LogP contribution in [0.15, 0.2) is 4.52 Å². The summed E-state index contributed by atoms with van der Waals surface area (Å²) in [7, 11) is 0. The predicted molar refractivity (Wildman–Crippen MR) is 58.9 cm³/mol. The molecular formula is C11H17N3O2. The van der Waals surface area contributed by atoms with Crippen LogP contribution in [0.4, 0.5) is 0 Å². The van der Waals surface area contributed by atoms with Gasteiger partial charge in [-0.05, 0) is 13.8 Å². The van der Waals surface area contributed by atoms with Crippen LogP contribution in [0, 0.1) is 13.8 Å². The van der Waals surface area contributed by atoms with E-state index in [2.05, 4.69) is 15.4 Å². The van der Waals surface area contributed by atoms with Gasteiger partial charge in [-0.25, -0.2) is 0 Å². The van der Waals surface area contributed by atoms with Gasteiger partial charge in [-0.3, -0.25) is 9.69 Å². The molecule has 0 bridgehead atoms. The normalized spacial score (nSPS) is 18.2. The van der Waals surface area contributed by atoms with E-state index in [4.69, 9.17) is 4.52 Å². The van der Waals surface area contributed by atoms with Gasteiger partial charge in [0, 0.05) is 38.2 Å². The zero-order valence-electron chi connectivity index (χ0n) is 9.75. The minimum Gasteiger partial charge on any atom is -0.361 e. The number of aromatic nitrogens is 1. The maximum Gasteiger partial charge on any atom is 0.221 e. The van der Waals surface area contributed by atoms with E-state index >= 15 is 0 Å². The average Bonchev–Trinajstić information content (AvgIpc) is 2.48. The second-order valence-corrected chi connectivity index (χ2v) is 4.18. The molecule has 0 atom stereocenters. The molecule has 1 aliphatic rings. The molecule has 2 rings (SSSR count). The van der Waals surface area contributed by atoms with E-state index < -0.39 is 0 Å². The second-order valence-electron chi connectivity index (χ2n) is 4.18. The molecule has 5 nitrogen and oxygen atoms in total. The van der Waals surface area contributed by atoms with E-state index in [1.54, 1.807) is 0 Å². The Morgan fingerprint density at radius 3 is 2.94 bits per heavy atom. The van der Waals surface area contributed by atoms with Crippen molar-refractivity contribution in [2.75, 3.05) is 19.6 Å². The van der Waals surface area contributed by atoms with Crippen molar-refractivity contribution in [2.45, 2.75) is 26.8 Å². The monoisotopic (exact) mass is 223 g/mol. The molecule has 88 valence electrons. The number of hydrogen-bond donors (Lipinski definition) is 1. The van der Waals surface area contributed by atoms with Gasteiger partial charge in [0.25, 0.3) is 0 Å². The van der Waals surface area contributed by atoms with Gasteiger partial charge in [-0.1, -0.05) is 5.16 Å². The third kappa shape index (κ3) is 2.41. The molecule has 1 fully saturated rings. The number of rotatable bonds is 2. The Labute approximate surface area is 94.8 Å². The van der Waals surface area contributed by atoms with Crippen molar-refractivity contribution in [3.05, 3.63) is 17.0 Å². The zero-order valence-corrected chi connectivity index (χ0v) is 9.75. The fourth-order valence-corrected chi connectivity index (χ4v) is 1.92. The second kappa shape index (κ2) is 4.65. The molecule has 5 heteroatoms. The SMILES string of the molecule is Cc1noc(C)c1CN1CCNC(=O)CC1. The van der Waals surface area contributed by atoms with Gasteiger partial charge in [0.2, 0.25) is 5.91 Å². The molecule has 1 saturated heterocycles. The number of nitrogens with one attached hydrogen (secondary N) is 1. The Hall–Kier alpha value is -1.36. The van der Waals surface area contributed by atoms with Crippen LogP contribution < -0.4 is 5.32 Å². The van der Waals surface area contributed by atoms with E-state index in [-0.39, 0.29) is 5.91 Å². The summed E-state index contributed by atoms with van der Waals surface area (Å²) in [6.07, 6.45) is 0.573. The van der Waals surface area contributed by atoms with E-state index in [0.29, 0.717) is 6.42 Å². The van der Waals surface area contributed by atoms with Gasteiger partial charge in [0.05, 0.1) is 5.69 Å². The maximum absolute atomic E-state index is 11.2. The first-order valence-electron chi connectivity index (χ1n) is 5.57. The van der Waals surface area contributed by atoms with E-state index in [1.807, 2.05) is 13.8 Å². The highest BCUT2D eigenvalue weighted by atomic mass is 16.5. The largest absolute Gasteiger partial charge is 0.361 e. The molecular weight excluding hydrogens is 206 g/mol. The Kier molecular flexibility index (Phi) is 3.24. The molecule has 1 amide bonds. The quantitative estimate of drug-likeness (QED) is 0.798. The van der Waals surface area contributed by atoms with Crippen molar-refractivity contribution in [1.82, 2.24) is 15.4 Å². The smallest absolute Gasteiger partial charge is 0.221 e. The number of nitrogens with zero attached hydrogens (tertiary/aromatic N) is 2. The summed E-state index contributed by atoms with van der Waals surface area (Å²) in [5.74, 6) is 1.02. The number of hydrogen-bond acceptors (Lipinski definition) is 4. The fraction of sp³-hybridized carbons (Fsp3) is 0.636. The summed E-state index contributed by atoms with van der Waals surface area (Å²) in [6.45, 7) is 7.10. The highest BCUT2D eigenvalue weighted by molar-refractivity contribution is 5.76. The average molecular weight is 223 g/mol. The lowest BCUT2D eigenvalue weighted by atomic mass is 10.2. The Balaban J connectivity index is 2.01. The molecule has 1 aromatic rings. The van der Waals surface area contributed by atoms with Gasteiger partial charge >= 0.3 is 0 Å². The molecule has 1 aromatic heterocycles. The Bertz CT molecular complexity index is 367. The summed E-state index contributed by atoms with van der Waals surface area (Å²) in [5.41, 5.74) is 2.09. The fourth-order valence-electron chi connectivity index (χ4n) is 1.92. The first-order chi connectivity index (χ1) is 7.66. The minimum absolute atomic E-state index is 0.140. The van der Waals surface area contributed by atoms with E-state index in [1.165, 1.54) is 0 Å². The van der Waals surface area contributed by atoms with Crippen LogP contribution in [0.1, 0.15) is 23.4 Å². The van der Waals surface area contributed by atoms with E-state index in [9.17, 15) is 4.79 Å². The lowest BCUT2D eigenvalue weighted by Crippen LogP contribution is -2.28. The van der Waals surface area contributed by atoms with Crippen molar-refractivity contribution in [3.8, 4) is 0 Å². The van der Waals surface area contributed by atoms with Gasteiger partial charge < -0.3 is 9.84 Å².